The minimum atomic E-state index is -0.345. The van der Waals surface area contributed by atoms with Crippen LogP contribution in [-0.4, -0.2) is 35.3 Å². The van der Waals surface area contributed by atoms with E-state index in [9.17, 15) is 9.59 Å². The molecule has 0 radical (unpaired) electrons. The molecule has 0 aromatic heterocycles. The molecule has 1 heterocycles. The van der Waals surface area contributed by atoms with Crippen molar-refractivity contribution >= 4 is 11.8 Å². The Labute approximate surface area is 115 Å². The first-order valence-electron chi connectivity index (χ1n) is 7.51. The summed E-state index contributed by atoms with van der Waals surface area (Å²) in [4.78, 5) is 26.3. The molecule has 0 aromatic carbocycles. The molecule has 4 heteroatoms. The molecule has 1 N–H and O–H groups in total. The maximum atomic E-state index is 12.5. The highest BCUT2D eigenvalue weighted by Crippen LogP contribution is 2.32. The van der Waals surface area contributed by atoms with Gasteiger partial charge in [0.05, 0.1) is 0 Å². The van der Waals surface area contributed by atoms with Crippen molar-refractivity contribution in [3.63, 3.8) is 0 Å². The summed E-state index contributed by atoms with van der Waals surface area (Å²) in [6.45, 7) is 8.82. The van der Waals surface area contributed by atoms with Gasteiger partial charge in [0.25, 0.3) is 0 Å². The van der Waals surface area contributed by atoms with Crippen LogP contribution in [0.1, 0.15) is 47.0 Å². The molecule has 19 heavy (non-hydrogen) atoms. The third-order valence-corrected chi connectivity index (χ3v) is 4.62. The van der Waals surface area contributed by atoms with Crippen molar-refractivity contribution in [3.8, 4) is 0 Å². The highest BCUT2D eigenvalue weighted by Gasteiger charge is 2.40. The van der Waals surface area contributed by atoms with Gasteiger partial charge >= 0.3 is 0 Å². The fraction of sp³-hybridized carbons (Fsp3) is 0.867. The fourth-order valence-electron chi connectivity index (χ4n) is 3.32. The van der Waals surface area contributed by atoms with Gasteiger partial charge in [0.2, 0.25) is 11.8 Å². The minimum absolute atomic E-state index is 0.00987. The molecule has 2 aliphatic rings. The van der Waals surface area contributed by atoms with Crippen LogP contribution in [-0.2, 0) is 9.59 Å². The average Bonchev–Trinajstić information content (AvgIpc) is 2.74. The van der Waals surface area contributed by atoms with Crippen molar-refractivity contribution in [2.24, 2.45) is 17.8 Å². The van der Waals surface area contributed by atoms with E-state index in [1.807, 2.05) is 25.7 Å². The van der Waals surface area contributed by atoms with Crippen molar-refractivity contribution in [3.05, 3.63) is 0 Å². The summed E-state index contributed by atoms with van der Waals surface area (Å²) in [5.74, 6) is 1.56. The predicted octanol–water partition coefficient (Wildman–Crippen LogP) is 1.79. The summed E-state index contributed by atoms with van der Waals surface area (Å²) < 4.78 is 0. The number of amides is 2. The van der Waals surface area contributed by atoms with E-state index in [1.165, 1.54) is 19.3 Å². The summed E-state index contributed by atoms with van der Waals surface area (Å²) in [5, 5.41) is 2.85. The van der Waals surface area contributed by atoms with Crippen LogP contribution in [0.5, 0.6) is 0 Å². The monoisotopic (exact) mass is 266 g/mol. The summed E-state index contributed by atoms with van der Waals surface area (Å²) in [6, 6.07) is -0.666. The van der Waals surface area contributed by atoms with Crippen molar-refractivity contribution in [2.75, 3.05) is 6.54 Å². The van der Waals surface area contributed by atoms with Crippen LogP contribution in [0, 0.1) is 17.8 Å². The van der Waals surface area contributed by atoms with E-state index < -0.39 is 0 Å². The number of piperazine rings is 1. The molecule has 2 fully saturated rings. The molecule has 4 unspecified atom stereocenters. The molecule has 1 aliphatic heterocycles. The van der Waals surface area contributed by atoms with Crippen molar-refractivity contribution in [1.29, 1.82) is 0 Å². The zero-order chi connectivity index (χ0) is 14.2. The van der Waals surface area contributed by atoms with E-state index in [-0.39, 0.29) is 29.8 Å². The summed E-state index contributed by atoms with van der Waals surface area (Å²) in [6.07, 6.45) is 3.62. The Morgan fingerprint density at radius 1 is 1.26 bits per heavy atom. The molecule has 2 rings (SSSR count). The summed E-state index contributed by atoms with van der Waals surface area (Å²) >= 11 is 0. The number of hydrogen-bond acceptors (Lipinski definition) is 2. The molecule has 1 aliphatic carbocycles. The van der Waals surface area contributed by atoms with E-state index >= 15 is 0 Å². The Morgan fingerprint density at radius 2 is 1.95 bits per heavy atom. The van der Waals surface area contributed by atoms with Gasteiger partial charge in [-0.25, -0.2) is 0 Å². The van der Waals surface area contributed by atoms with Crippen LogP contribution in [0.3, 0.4) is 0 Å². The molecule has 2 amide bonds. The van der Waals surface area contributed by atoms with E-state index in [2.05, 4.69) is 12.2 Å². The lowest BCUT2D eigenvalue weighted by molar-refractivity contribution is -0.150. The number of carbonyl (C=O) groups excluding carboxylic acids is 2. The second kappa shape index (κ2) is 5.51. The van der Waals surface area contributed by atoms with E-state index in [0.717, 1.165) is 12.5 Å². The molecule has 1 saturated carbocycles. The number of carbonyl (C=O) groups is 2. The van der Waals surface area contributed by atoms with Crippen LogP contribution in [0.2, 0.25) is 0 Å². The lowest BCUT2D eigenvalue weighted by Gasteiger charge is -2.40. The maximum Gasteiger partial charge on any atom is 0.246 e. The third kappa shape index (κ3) is 2.93. The average molecular weight is 266 g/mol. The van der Waals surface area contributed by atoms with E-state index in [4.69, 9.17) is 0 Å². The lowest BCUT2D eigenvalue weighted by atomic mass is 9.96. The predicted molar refractivity (Wildman–Crippen MR) is 74.4 cm³/mol. The normalized spacial score (nSPS) is 35.9. The van der Waals surface area contributed by atoms with Crippen LogP contribution < -0.4 is 5.32 Å². The molecule has 4 nitrogen and oxygen atoms in total. The number of hydrogen-bond donors (Lipinski definition) is 1. The Bertz CT molecular complexity index is 367. The van der Waals surface area contributed by atoms with Gasteiger partial charge < -0.3 is 10.2 Å². The van der Waals surface area contributed by atoms with Crippen LogP contribution in [0.4, 0.5) is 0 Å². The summed E-state index contributed by atoms with van der Waals surface area (Å²) in [5.41, 5.74) is 0. The zero-order valence-corrected chi connectivity index (χ0v) is 12.5. The standard InChI is InChI=1S/C15H26N2O2/c1-9(2)13-15(19)17(11(4)14(18)16-13)8-12-6-5-10(3)7-12/h9-13H,5-8H2,1-4H3,(H,16,18). The van der Waals surface area contributed by atoms with Crippen LogP contribution >= 0.6 is 0 Å². The first-order valence-corrected chi connectivity index (χ1v) is 7.51. The van der Waals surface area contributed by atoms with Gasteiger partial charge in [-0.3, -0.25) is 9.59 Å². The highest BCUT2D eigenvalue weighted by molar-refractivity contribution is 5.96. The number of rotatable bonds is 3. The van der Waals surface area contributed by atoms with Gasteiger partial charge in [0, 0.05) is 6.54 Å². The molecule has 0 aromatic rings. The second-order valence-corrected chi connectivity index (χ2v) is 6.68. The Hall–Kier alpha value is -1.06. The molecule has 0 spiro atoms. The van der Waals surface area contributed by atoms with Gasteiger partial charge in [-0.05, 0) is 37.5 Å². The molecule has 4 atom stereocenters. The molecular weight excluding hydrogens is 240 g/mol. The van der Waals surface area contributed by atoms with Gasteiger partial charge in [-0.15, -0.1) is 0 Å². The van der Waals surface area contributed by atoms with Crippen LogP contribution in [0.15, 0.2) is 0 Å². The van der Waals surface area contributed by atoms with Crippen molar-refractivity contribution in [2.45, 2.75) is 59.0 Å². The highest BCUT2D eigenvalue weighted by atomic mass is 16.2. The lowest BCUT2D eigenvalue weighted by Crippen LogP contribution is -2.64. The Balaban J connectivity index is 2.07. The van der Waals surface area contributed by atoms with E-state index in [0.29, 0.717) is 5.92 Å². The minimum Gasteiger partial charge on any atom is -0.342 e. The molecular formula is C15H26N2O2. The topological polar surface area (TPSA) is 49.4 Å². The molecule has 108 valence electrons. The molecule has 0 bridgehead atoms. The SMILES string of the molecule is CC1CCC(CN2C(=O)C(C(C)C)NC(=O)C2C)C1. The van der Waals surface area contributed by atoms with Crippen molar-refractivity contribution in [1.82, 2.24) is 10.2 Å². The van der Waals surface area contributed by atoms with Gasteiger partial charge in [-0.2, -0.15) is 0 Å². The van der Waals surface area contributed by atoms with E-state index in [1.54, 1.807) is 0 Å². The van der Waals surface area contributed by atoms with Crippen LogP contribution in [0.25, 0.3) is 0 Å². The molecule has 1 saturated heterocycles. The quantitative estimate of drug-likeness (QED) is 0.846. The second-order valence-electron chi connectivity index (χ2n) is 6.68. The Kier molecular flexibility index (Phi) is 4.16. The Morgan fingerprint density at radius 3 is 2.47 bits per heavy atom. The number of nitrogens with one attached hydrogen (secondary N) is 1. The maximum absolute atomic E-state index is 12.5. The zero-order valence-electron chi connectivity index (χ0n) is 12.5. The first-order chi connectivity index (χ1) is 8.90. The van der Waals surface area contributed by atoms with Gasteiger partial charge in [0.15, 0.2) is 0 Å². The van der Waals surface area contributed by atoms with Gasteiger partial charge in [0.1, 0.15) is 12.1 Å². The smallest absolute Gasteiger partial charge is 0.246 e. The fourth-order valence-corrected chi connectivity index (χ4v) is 3.32. The third-order valence-electron chi connectivity index (χ3n) is 4.62. The van der Waals surface area contributed by atoms with Crippen molar-refractivity contribution < 1.29 is 9.59 Å². The van der Waals surface area contributed by atoms with Gasteiger partial charge in [-0.1, -0.05) is 27.2 Å². The number of nitrogens with zero attached hydrogens (tertiary/aromatic N) is 1. The largest absolute Gasteiger partial charge is 0.342 e. The summed E-state index contributed by atoms with van der Waals surface area (Å²) in [7, 11) is 0. The first kappa shape index (κ1) is 14.4.